The summed E-state index contributed by atoms with van der Waals surface area (Å²) in [6, 6.07) is 14.9. The van der Waals surface area contributed by atoms with Gasteiger partial charge >= 0.3 is 0 Å². The van der Waals surface area contributed by atoms with Gasteiger partial charge in [-0.1, -0.05) is 27.5 Å². The summed E-state index contributed by atoms with van der Waals surface area (Å²) in [5, 5.41) is 0.689. The molecule has 1 aliphatic rings. The largest absolute Gasteiger partial charge is 0.334 e. The van der Waals surface area contributed by atoms with Crippen molar-refractivity contribution in [3.8, 4) is 11.4 Å². The number of aromatic nitrogens is 2. The second-order valence-electron chi connectivity index (χ2n) is 6.16. The van der Waals surface area contributed by atoms with E-state index in [0.29, 0.717) is 29.5 Å². The Bertz CT molecular complexity index is 958. The maximum Gasteiger partial charge on any atom is 0.254 e. The summed E-state index contributed by atoms with van der Waals surface area (Å²) in [7, 11) is 0. The molecule has 0 spiro atoms. The molecule has 1 aliphatic heterocycles. The zero-order valence-corrected chi connectivity index (χ0v) is 16.2. The van der Waals surface area contributed by atoms with E-state index in [9.17, 15) is 4.79 Å². The van der Waals surface area contributed by atoms with Crippen LogP contribution in [0.2, 0.25) is 5.02 Å². The monoisotopic (exact) mass is 427 g/mol. The smallest absolute Gasteiger partial charge is 0.254 e. The Morgan fingerprint density at radius 3 is 2.54 bits per heavy atom. The Hall–Kier alpha value is -2.24. The van der Waals surface area contributed by atoms with Crippen LogP contribution in [0.25, 0.3) is 11.4 Å². The number of hydrogen-bond acceptors (Lipinski definition) is 3. The van der Waals surface area contributed by atoms with Crippen molar-refractivity contribution in [1.82, 2.24) is 14.9 Å². The minimum atomic E-state index is 0.0323. The molecule has 0 unspecified atom stereocenters. The van der Waals surface area contributed by atoms with Gasteiger partial charge in [-0.3, -0.25) is 4.79 Å². The van der Waals surface area contributed by atoms with Gasteiger partial charge in [-0.25, -0.2) is 9.97 Å². The number of fused-ring (bicyclic) bond motifs is 1. The van der Waals surface area contributed by atoms with E-state index in [1.54, 1.807) is 0 Å². The number of carbonyl (C=O) groups excluding carboxylic acids is 1. The Morgan fingerprint density at radius 1 is 1.08 bits per heavy atom. The molecule has 130 valence electrons. The van der Waals surface area contributed by atoms with Gasteiger partial charge in [0.25, 0.3) is 5.91 Å². The molecule has 4 rings (SSSR count). The zero-order chi connectivity index (χ0) is 18.1. The molecular weight excluding hydrogens is 414 g/mol. The molecule has 0 radical (unpaired) electrons. The van der Waals surface area contributed by atoms with E-state index < -0.39 is 0 Å². The Balaban J connectivity index is 1.55. The second-order valence-corrected chi connectivity index (χ2v) is 7.51. The van der Waals surface area contributed by atoms with Crippen molar-refractivity contribution in [3.63, 3.8) is 0 Å². The zero-order valence-electron chi connectivity index (χ0n) is 13.8. The van der Waals surface area contributed by atoms with Crippen LogP contribution < -0.4 is 0 Å². The molecule has 2 aromatic carbocycles. The third-order valence-corrected chi connectivity index (χ3v) is 5.20. The highest BCUT2D eigenvalue weighted by atomic mass is 79.9. The third-order valence-electron chi connectivity index (χ3n) is 4.41. The van der Waals surface area contributed by atoms with Crippen LogP contribution in [-0.2, 0) is 13.0 Å². The molecule has 4 nitrogen and oxygen atoms in total. The molecule has 0 atom stereocenters. The van der Waals surface area contributed by atoms with Crippen molar-refractivity contribution in [2.75, 3.05) is 6.54 Å². The summed E-state index contributed by atoms with van der Waals surface area (Å²) in [4.78, 5) is 23.7. The van der Waals surface area contributed by atoms with Crippen molar-refractivity contribution in [3.05, 3.63) is 81.0 Å². The lowest BCUT2D eigenvalue weighted by Crippen LogP contribution is -2.36. The van der Waals surface area contributed by atoms with Crippen molar-refractivity contribution in [2.45, 2.75) is 13.0 Å². The van der Waals surface area contributed by atoms with E-state index in [0.717, 1.165) is 27.7 Å². The third kappa shape index (κ3) is 3.50. The molecule has 0 fully saturated rings. The maximum atomic E-state index is 12.7. The van der Waals surface area contributed by atoms with Gasteiger partial charge in [0, 0.05) is 51.9 Å². The Kier molecular flexibility index (Phi) is 4.74. The van der Waals surface area contributed by atoms with Gasteiger partial charge in [-0.2, -0.15) is 0 Å². The summed E-state index contributed by atoms with van der Waals surface area (Å²) in [6.07, 6.45) is 2.55. The number of amides is 1. The van der Waals surface area contributed by atoms with Crippen LogP contribution in [0.3, 0.4) is 0 Å². The van der Waals surface area contributed by atoms with Crippen LogP contribution in [0.5, 0.6) is 0 Å². The van der Waals surface area contributed by atoms with Gasteiger partial charge in [-0.05, 0) is 48.5 Å². The van der Waals surface area contributed by atoms with Crippen LogP contribution >= 0.6 is 27.5 Å². The highest BCUT2D eigenvalue weighted by Crippen LogP contribution is 2.23. The second kappa shape index (κ2) is 7.17. The van der Waals surface area contributed by atoms with Crippen molar-refractivity contribution in [2.24, 2.45) is 0 Å². The summed E-state index contributed by atoms with van der Waals surface area (Å²) in [5.41, 5.74) is 3.63. The Labute approximate surface area is 165 Å². The summed E-state index contributed by atoms with van der Waals surface area (Å²) in [5.74, 6) is 0.720. The molecule has 0 saturated carbocycles. The number of nitrogens with zero attached hydrogens (tertiary/aromatic N) is 3. The standard InChI is InChI=1S/C20H15BrClN3O/c21-16-5-1-14(2-6-16)20(26)25-10-9-18-15(12-25)11-23-19(24-18)13-3-7-17(22)8-4-13/h1-8,11H,9-10,12H2. The van der Waals surface area contributed by atoms with Crippen molar-refractivity contribution >= 4 is 33.4 Å². The number of halogens is 2. The Morgan fingerprint density at radius 2 is 1.81 bits per heavy atom. The average molecular weight is 429 g/mol. The van der Waals surface area contributed by atoms with Crippen LogP contribution in [0, 0.1) is 0 Å². The first kappa shape index (κ1) is 17.2. The van der Waals surface area contributed by atoms with E-state index >= 15 is 0 Å². The fraction of sp³-hybridized carbons (Fsp3) is 0.150. The molecule has 0 N–H and O–H groups in total. The van der Waals surface area contributed by atoms with Crippen LogP contribution in [0.1, 0.15) is 21.6 Å². The molecule has 0 saturated heterocycles. The van der Waals surface area contributed by atoms with Gasteiger partial charge in [-0.15, -0.1) is 0 Å². The van der Waals surface area contributed by atoms with Crippen molar-refractivity contribution < 1.29 is 4.79 Å². The quantitative estimate of drug-likeness (QED) is 0.591. The van der Waals surface area contributed by atoms with Gasteiger partial charge in [0.15, 0.2) is 5.82 Å². The van der Waals surface area contributed by atoms with Gasteiger partial charge < -0.3 is 4.90 Å². The van der Waals surface area contributed by atoms with E-state index in [1.807, 2.05) is 59.6 Å². The lowest BCUT2D eigenvalue weighted by Gasteiger charge is -2.28. The van der Waals surface area contributed by atoms with E-state index in [-0.39, 0.29) is 5.91 Å². The molecule has 0 bridgehead atoms. The topological polar surface area (TPSA) is 46.1 Å². The van der Waals surface area contributed by atoms with E-state index in [2.05, 4.69) is 20.9 Å². The predicted molar refractivity (Wildman–Crippen MR) is 105 cm³/mol. The van der Waals surface area contributed by atoms with Crippen LogP contribution in [-0.4, -0.2) is 27.3 Å². The first-order chi connectivity index (χ1) is 12.6. The van der Waals surface area contributed by atoms with Gasteiger partial charge in [0.05, 0.1) is 5.69 Å². The molecule has 26 heavy (non-hydrogen) atoms. The lowest BCUT2D eigenvalue weighted by atomic mass is 10.1. The fourth-order valence-electron chi connectivity index (χ4n) is 3.00. The van der Waals surface area contributed by atoms with Gasteiger partial charge in [0.1, 0.15) is 0 Å². The maximum absolute atomic E-state index is 12.7. The number of benzene rings is 2. The predicted octanol–water partition coefficient (Wildman–Crippen LogP) is 4.76. The van der Waals surface area contributed by atoms with E-state index in [4.69, 9.17) is 16.6 Å². The average Bonchev–Trinajstić information content (AvgIpc) is 2.68. The van der Waals surface area contributed by atoms with Crippen LogP contribution in [0.4, 0.5) is 0 Å². The summed E-state index contributed by atoms with van der Waals surface area (Å²) >= 11 is 9.33. The van der Waals surface area contributed by atoms with Crippen LogP contribution in [0.15, 0.2) is 59.2 Å². The molecular formula is C20H15BrClN3O. The van der Waals surface area contributed by atoms with Gasteiger partial charge in [0.2, 0.25) is 0 Å². The molecule has 3 aromatic rings. The van der Waals surface area contributed by atoms with Crippen molar-refractivity contribution in [1.29, 1.82) is 0 Å². The molecule has 1 amide bonds. The molecule has 1 aromatic heterocycles. The summed E-state index contributed by atoms with van der Waals surface area (Å²) < 4.78 is 0.959. The minimum Gasteiger partial charge on any atom is -0.334 e. The molecule has 2 heterocycles. The minimum absolute atomic E-state index is 0.0323. The highest BCUT2D eigenvalue weighted by molar-refractivity contribution is 9.10. The molecule has 6 heteroatoms. The molecule has 0 aliphatic carbocycles. The first-order valence-electron chi connectivity index (χ1n) is 8.26. The number of rotatable bonds is 2. The number of carbonyl (C=O) groups is 1. The fourth-order valence-corrected chi connectivity index (χ4v) is 3.39. The SMILES string of the molecule is O=C(c1ccc(Br)cc1)N1CCc2nc(-c3ccc(Cl)cc3)ncc2C1. The first-order valence-corrected chi connectivity index (χ1v) is 9.43. The number of hydrogen-bond donors (Lipinski definition) is 0. The normalized spacial score (nSPS) is 13.4. The lowest BCUT2D eigenvalue weighted by molar-refractivity contribution is 0.0733. The summed E-state index contributed by atoms with van der Waals surface area (Å²) in [6.45, 7) is 1.18. The highest BCUT2D eigenvalue weighted by Gasteiger charge is 2.23. The van der Waals surface area contributed by atoms with E-state index in [1.165, 1.54) is 0 Å².